The molecule has 1 aromatic rings. The summed E-state index contributed by atoms with van der Waals surface area (Å²) in [6.45, 7) is 8.46. The third-order valence-corrected chi connectivity index (χ3v) is 2.35. The predicted octanol–water partition coefficient (Wildman–Crippen LogP) is 3.36. The number of hydrogen-bond acceptors (Lipinski definition) is 2. The molecule has 0 aromatic heterocycles. The van der Waals surface area contributed by atoms with Gasteiger partial charge in [0, 0.05) is 7.11 Å². The van der Waals surface area contributed by atoms with Gasteiger partial charge in [-0.15, -0.1) is 0 Å². The Labute approximate surface area is 92.2 Å². The number of ether oxygens (including phenoxy) is 2. The third kappa shape index (κ3) is 3.56. The molecule has 0 aliphatic rings. The maximum atomic E-state index is 5.51. The van der Waals surface area contributed by atoms with E-state index in [1.807, 2.05) is 19.1 Å². The van der Waals surface area contributed by atoms with Gasteiger partial charge in [-0.2, -0.15) is 0 Å². The van der Waals surface area contributed by atoms with Crippen molar-refractivity contribution in [1.82, 2.24) is 0 Å². The molecule has 0 amide bonds. The largest absolute Gasteiger partial charge is 0.465 e. The topological polar surface area (TPSA) is 18.5 Å². The summed E-state index contributed by atoms with van der Waals surface area (Å²) in [4.78, 5) is 0. The van der Waals surface area contributed by atoms with E-state index in [0.717, 1.165) is 5.75 Å². The lowest BCUT2D eigenvalue weighted by Gasteiger charge is -2.19. The van der Waals surface area contributed by atoms with Crippen LogP contribution in [-0.4, -0.2) is 13.4 Å². The van der Waals surface area contributed by atoms with Gasteiger partial charge in [-0.3, -0.25) is 0 Å². The summed E-state index contributed by atoms with van der Waals surface area (Å²) in [7, 11) is 1.63. The van der Waals surface area contributed by atoms with Gasteiger partial charge in [0.15, 0.2) is 6.29 Å². The van der Waals surface area contributed by atoms with E-state index in [1.165, 1.54) is 5.56 Å². The molecule has 1 aromatic carbocycles. The summed E-state index contributed by atoms with van der Waals surface area (Å²) in [5.74, 6) is 0.845. The molecule has 1 atom stereocenters. The fraction of sp³-hybridized carbons (Fsp3) is 0.538. The first kappa shape index (κ1) is 12.1. The molecular weight excluding hydrogens is 188 g/mol. The van der Waals surface area contributed by atoms with E-state index in [0.29, 0.717) is 0 Å². The van der Waals surface area contributed by atoms with E-state index >= 15 is 0 Å². The highest BCUT2D eigenvalue weighted by atomic mass is 16.7. The average molecular weight is 208 g/mol. The van der Waals surface area contributed by atoms with Crippen molar-refractivity contribution in [2.24, 2.45) is 0 Å². The molecule has 0 N–H and O–H groups in total. The first-order chi connectivity index (χ1) is 6.93. The summed E-state index contributed by atoms with van der Waals surface area (Å²) in [6.07, 6.45) is -0.203. The molecule has 0 saturated heterocycles. The summed E-state index contributed by atoms with van der Waals surface area (Å²) in [5.41, 5.74) is 1.49. The molecule has 84 valence electrons. The minimum absolute atomic E-state index is 0.186. The molecule has 15 heavy (non-hydrogen) atoms. The van der Waals surface area contributed by atoms with Crippen LogP contribution in [0, 0.1) is 0 Å². The molecule has 0 aliphatic carbocycles. The van der Waals surface area contributed by atoms with Crippen LogP contribution in [0.4, 0.5) is 0 Å². The van der Waals surface area contributed by atoms with Gasteiger partial charge in [0.2, 0.25) is 0 Å². The zero-order chi connectivity index (χ0) is 11.5. The average Bonchev–Trinajstić information content (AvgIpc) is 2.17. The maximum Gasteiger partial charge on any atom is 0.196 e. The molecule has 2 heteroatoms. The predicted molar refractivity (Wildman–Crippen MR) is 62.2 cm³/mol. The van der Waals surface area contributed by atoms with E-state index < -0.39 is 0 Å². The number of benzene rings is 1. The number of rotatable bonds is 3. The Balaban J connectivity index is 2.73. The highest BCUT2D eigenvalue weighted by Gasteiger charge is 2.13. The SMILES string of the molecule is COC(C)Oc1ccc(C(C)(C)C)cc1. The molecule has 0 heterocycles. The van der Waals surface area contributed by atoms with Crippen LogP contribution in [0.15, 0.2) is 24.3 Å². The molecular formula is C13H20O2. The smallest absolute Gasteiger partial charge is 0.196 e. The van der Waals surface area contributed by atoms with Crippen LogP contribution in [-0.2, 0) is 10.2 Å². The highest BCUT2D eigenvalue weighted by Crippen LogP contribution is 2.24. The van der Waals surface area contributed by atoms with Gasteiger partial charge in [0.25, 0.3) is 0 Å². The Hall–Kier alpha value is -1.02. The van der Waals surface area contributed by atoms with Gasteiger partial charge >= 0.3 is 0 Å². The maximum absolute atomic E-state index is 5.51. The van der Waals surface area contributed by atoms with Gasteiger partial charge in [-0.25, -0.2) is 0 Å². The zero-order valence-electron chi connectivity index (χ0n) is 10.2. The molecule has 0 bridgehead atoms. The second-order valence-electron chi connectivity index (χ2n) is 4.70. The van der Waals surface area contributed by atoms with Crippen molar-refractivity contribution < 1.29 is 9.47 Å². The van der Waals surface area contributed by atoms with Crippen LogP contribution in [0.1, 0.15) is 33.3 Å². The Morgan fingerprint density at radius 3 is 2.00 bits per heavy atom. The zero-order valence-corrected chi connectivity index (χ0v) is 10.2. The van der Waals surface area contributed by atoms with Crippen LogP contribution in [0.3, 0.4) is 0 Å². The minimum Gasteiger partial charge on any atom is -0.465 e. The summed E-state index contributed by atoms with van der Waals surface area (Å²) >= 11 is 0. The van der Waals surface area contributed by atoms with Crippen molar-refractivity contribution in [3.05, 3.63) is 29.8 Å². The van der Waals surface area contributed by atoms with Gasteiger partial charge in [0.1, 0.15) is 5.75 Å². The monoisotopic (exact) mass is 208 g/mol. The van der Waals surface area contributed by atoms with E-state index in [9.17, 15) is 0 Å². The molecule has 2 nitrogen and oxygen atoms in total. The van der Waals surface area contributed by atoms with Crippen LogP contribution >= 0.6 is 0 Å². The minimum atomic E-state index is -0.203. The Morgan fingerprint density at radius 2 is 1.60 bits per heavy atom. The third-order valence-electron chi connectivity index (χ3n) is 2.35. The van der Waals surface area contributed by atoms with Gasteiger partial charge in [-0.1, -0.05) is 32.9 Å². The van der Waals surface area contributed by atoms with Crippen molar-refractivity contribution in [3.8, 4) is 5.75 Å². The highest BCUT2D eigenvalue weighted by molar-refractivity contribution is 5.31. The fourth-order valence-electron chi connectivity index (χ4n) is 1.27. The van der Waals surface area contributed by atoms with Crippen molar-refractivity contribution in [1.29, 1.82) is 0 Å². The molecule has 0 saturated carbocycles. The van der Waals surface area contributed by atoms with Crippen LogP contribution in [0.2, 0.25) is 0 Å². The number of methoxy groups -OCH3 is 1. The van der Waals surface area contributed by atoms with Crippen LogP contribution in [0.25, 0.3) is 0 Å². The second kappa shape index (κ2) is 4.67. The molecule has 0 spiro atoms. The van der Waals surface area contributed by atoms with Gasteiger partial charge in [0.05, 0.1) is 0 Å². The Bertz CT molecular complexity index is 295. The summed E-state index contributed by atoms with van der Waals surface area (Å²) in [6, 6.07) is 8.15. The normalized spacial score (nSPS) is 13.7. The van der Waals surface area contributed by atoms with Crippen molar-refractivity contribution >= 4 is 0 Å². The first-order valence-electron chi connectivity index (χ1n) is 5.23. The summed E-state index contributed by atoms with van der Waals surface area (Å²) in [5, 5.41) is 0. The number of hydrogen-bond donors (Lipinski definition) is 0. The van der Waals surface area contributed by atoms with Crippen LogP contribution in [0.5, 0.6) is 5.75 Å². The molecule has 1 unspecified atom stereocenters. The van der Waals surface area contributed by atoms with E-state index in [1.54, 1.807) is 7.11 Å². The van der Waals surface area contributed by atoms with Crippen molar-refractivity contribution in [2.45, 2.75) is 39.4 Å². The molecule has 1 rings (SSSR count). The van der Waals surface area contributed by atoms with Gasteiger partial charge in [-0.05, 0) is 30.0 Å². The van der Waals surface area contributed by atoms with E-state index in [4.69, 9.17) is 9.47 Å². The summed E-state index contributed by atoms with van der Waals surface area (Å²) < 4.78 is 10.5. The van der Waals surface area contributed by atoms with Crippen molar-refractivity contribution in [3.63, 3.8) is 0 Å². The molecule has 0 radical (unpaired) electrons. The molecule has 0 aliphatic heterocycles. The Kier molecular flexibility index (Phi) is 3.75. The fourth-order valence-corrected chi connectivity index (χ4v) is 1.27. The van der Waals surface area contributed by atoms with E-state index in [2.05, 4.69) is 32.9 Å². The Morgan fingerprint density at radius 1 is 1.07 bits per heavy atom. The lowest BCUT2D eigenvalue weighted by atomic mass is 9.87. The second-order valence-corrected chi connectivity index (χ2v) is 4.70. The quantitative estimate of drug-likeness (QED) is 0.709. The van der Waals surface area contributed by atoms with E-state index in [-0.39, 0.29) is 11.7 Å². The first-order valence-corrected chi connectivity index (χ1v) is 5.23. The standard InChI is InChI=1S/C13H20O2/c1-10(14-5)15-12-8-6-11(7-9-12)13(2,3)4/h6-10H,1-5H3. The van der Waals surface area contributed by atoms with Crippen molar-refractivity contribution in [2.75, 3.05) is 7.11 Å². The molecule has 0 fully saturated rings. The van der Waals surface area contributed by atoms with Crippen LogP contribution < -0.4 is 4.74 Å². The lowest BCUT2D eigenvalue weighted by molar-refractivity contribution is -0.0382. The van der Waals surface area contributed by atoms with Gasteiger partial charge < -0.3 is 9.47 Å². The lowest BCUT2D eigenvalue weighted by Crippen LogP contribution is -2.14.